The van der Waals surface area contributed by atoms with Crippen LogP contribution in [-0.4, -0.2) is 22.6 Å². The lowest BCUT2D eigenvalue weighted by atomic mass is 10.0. The van der Waals surface area contributed by atoms with E-state index < -0.39 is 4.87 Å². The summed E-state index contributed by atoms with van der Waals surface area (Å²) >= 11 is 3.02. The van der Waals surface area contributed by atoms with Crippen molar-refractivity contribution < 1.29 is 9.59 Å². The van der Waals surface area contributed by atoms with E-state index in [1.54, 1.807) is 16.2 Å². The molecule has 0 radical (unpaired) electrons. The second-order valence-electron chi connectivity index (χ2n) is 8.00. The zero-order valence-corrected chi connectivity index (χ0v) is 19.2. The third kappa shape index (κ3) is 3.27. The number of carbonyl (C=O) groups is 2. The minimum absolute atomic E-state index is 0.0709. The van der Waals surface area contributed by atoms with E-state index in [2.05, 4.69) is 22.8 Å². The SMILES string of the molecule is O=C1CSC2(C(=O)Nc3ccccc32)N1c1ccc(-c2csc(Cc3ccccc3)n2)cc1. The van der Waals surface area contributed by atoms with Crippen LogP contribution >= 0.6 is 23.1 Å². The summed E-state index contributed by atoms with van der Waals surface area (Å²) in [7, 11) is 0. The van der Waals surface area contributed by atoms with Crippen LogP contribution in [0, 0.1) is 0 Å². The summed E-state index contributed by atoms with van der Waals surface area (Å²) in [6, 6.07) is 25.6. The number of hydrogen-bond acceptors (Lipinski definition) is 5. The monoisotopic (exact) mass is 469 g/mol. The van der Waals surface area contributed by atoms with E-state index in [4.69, 9.17) is 4.98 Å². The van der Waals surface area contributed by atoms with Crippen LogP contribution in [0.25, 0.3) is 11.3 Å². The van der Waals surface area contributed by atoms with Crippen LogP contribution < -0.4 is 10.2 Å². The molecule has 1 atom stereocenters. The van der Waals surface area contributed by atoms with Crippen LogP contribution in [0.3, 0.4) is 0 Å². The standard InChI is InChI=1S/C26H19N3O2S2/c30-24-16-33-26(20-8-4-5-9-21(20)28-25(26)31)29(24)19-12-10-18(11-13-19)22-15-32-23(27-22)14-17-6-2-1-3-7-17/h1-13,15H,14,16H2,(H,28,31). The van der Waals surface area contributed by atoms with Gasteiger partial charge < -0.3 is 5.32 Å². The number of thiazole rings is 1. The predicted octanol–water partition coefficient (Wildman–Crippen LogP) is 5.29. The van der Waals surface area contributed by atoms with Crippen LogP contribution in [0.4, 0.5) is 11.4 Å². The minimum atomic E-state index is -1.06. The molecule has 1 N–H and O–H groups in total. The molecule has 3 aromatic carbocycles. The lowest BCUT2D eigenvalue weighted by molar-refractivity contribution is -0.122. The number of benzene rings is 3. The Balaban J connectivity index is 1.30. The summed E-state index contributed by atoms with van der Waals surface area (Å²) in [5.74, 6) is 0.0189. The Bertz CT molecular complexity index is 1370. The van der Waals surface area contributed by atoms with Crippen molar-refractivity contribution in [3.63, 3.8) is 0 Å². The smallest absolute Gasteiger partial charge is 0.266 e. The van der Waals surface area contributed by atoms with Gasteiger partial charge in [-0.3, -0.25) is 14.5 Å². The van der Waals surface area contributed by atoms with E-state index in [1.807, 2.05) is 66.7 Å². The number of fused-ring (bicyclic) bond motifs is 2. The third-order valence-electron chi connectivity index (χ3n) is 5.99. The van der Waals surface area contributed by atoms with Gasteiger partial charge in [-0.05, 0) is 23.8 Å². The molecule has 2 aliphatic rings. The van der Waals surface area contributed by atoms with Gasteiger partial charge in [-0.15, -0.1) is 23.1 Å². The molecule has 2 aliphatic heterocycles. The van der Waals surface area contributed by atoms with Crippen molar-refractivity contribution in [2.24, 2.45) is 0 Å². The highest BCUT2D eigenvalue weighted by Crippen LogP contribution is 2.53. The summed E-state index contributed by atoms with van der Waals surface area (Å²) in [5, 5.41) is 6.07. The van der Waals surface area contributed by atoms with Crippen LogP contribution in [0.5, 0.6) is 0 Å². The molecule has 1 saturated heterocycles. The highest BCUT2D eigenvalue weighted by atomic mass is 32.2. The van der Waals surface area contributed by atoms with Gasteiger partial charge in [0, 0.05) is 34.3 Å². The van der Waals surface area contributed by atoms with Crippen LogP contribution in [-0.2, 0) is 20.9 Å². The Labute approximate surface area is 199 Å². The normalized spacial score (nSPS) is 19.2. The molecule has 3 heterocycles. The van der Waals surface area contributed by atoms with Crippen molar-refractivity contribution in [3.05, 3.63) is 100 Å². The summed E-state index contributed by atoms with van der Waals surface area (Å²) in [6.45, 7) is 0. The van der Waals surface area contributed by atoms with E-state index in [1.165, 1.54) is 17.3 Å². The number of nitrogens with one attached hydrogen (secondary N) is 1. The average Bonchev–Trinajstić information content (AvgIpc) is 3.52. The Morgan fingerprint density at radius 3 is 2.52 bits per heavy atom. The number of amides is 2. The molecule has 5 nitrogen and oxygen atoms in total. The van der Waals surface area contributed by atoms with Crippen LogP contribution in [0.2, 0.25) is 0 Å². The highest BCUT2D eigenvalue weighted by Gasteiger charge is 2.58. The first-order valence-corrected chi connectivity index (χ1v) is 12.5. The van der Waals surface area contributed by atoms with Gasteiger partial charge >= 0.3 is 0 Å². The van der Waals surface area contributed by atoms with Gasteiger partial charge in [-0.2, -0.15) is 0 Å². The third-order valence-corrected chi connectivity index (χ3v) is 8.23. The van der Waals surface area contributed by atoms with Crippen LogP contribution in [0.15, 0.2) is 84.2 Å². The predicted molar refractivity (Wildman–Crippen MR) is 133 cm³/mol. The maximum absolute atomic E-state index is 13.1. The Morgan fingerprint density at radius 2 is 1.70 bits per heavy atom. The Kier molecular flexibility index (Phi) is 4.81. The fraction of sp³-hybridized carbons (Fsp3) is 0.115. The first-order chi connectivity index (χ1) is 16.1. The number of aromatic nitrogens is 1. The van der Waals surface area contributed by atoms with Crippen molar-refractivity contribution >= 4 is 46.3 Å². The molecule has 1 fully saturated rings. The van der Waals surface area contributed by atoms with E-state index in [0.29, 0.717) is 5.69 Å². The second-order valence-corrected chi connectivity index (χ2v) is 10.1. The molecule has 33 heavy (non-hydrogen) atoms. The number of thioether (sulfide) groups is 1. The largest absolute Gasteiger partial charge is 0.323 e. The van der Waals surface area contributed by atoms with Gasteiger partial charge in [-0.25, -0.2) is 4.98 Å². The quantitative estimate of drug-likeness (QED) is 0.441. The van der Waals surface area contributed by atoms with Crippen molar-refractivity contribution in [1.82, 2.24) is 4.98 Å². The fourth-order valence-electron chi connectivity index (χ4n) is 4.46. The summed E-state index contributed by atoms with van der Waals surface area (Å²) in [6.07, 6.45) is 0.806. The molecule has 6 rings (SSSR count). The lowest BCUT2D eigenvalue weighted by Gasteiger charge is -2.32. The minimum Gasteiger partial charge on any atom is -0.323 e. The van der Waals surface area contributed by atoms with Crippen LogP contribution in [0.1, 0.15) is 16.1 Å². The summed E-state index contributed by atoms with van der Waals surface area (Å²) < 4.78 is 0. The molecule has 4 aromatic rings. The molecule has 0 saturated carbocycles. The zero-order chi connectivity index (χ0) is 22.4. The van der Waals surface area contributed by atoms with E-state index in [9.17, 15) is 9.59 Å². The lowest BCUT2D eigenvalue weighted by Crippen LogP contribution is -2.47. The molecule has 0 aliphatic carbocycles. The first-order valence-electron chi connectivity index (χ1n) is 10.6. The molecule has 7 heteroatoms. The van der Waals surface area contributed by atoms with Gasteiger partial charge in [0.2, 0.25) is 10.8 Å². The highest BCUT2D eigenvalue weighted by molar-refractivity contribution is 8.02. The van der Waals surface area contributed by atoms with Gasteiger partial charge in [0.1, 0.15) is 0 Å². The van der Waals surface area contributed by atoms with Crippen molar-refractivity contribution in [2.45, 2.75) is 11.3 Å². The second kappa shape index (κ2) is 7.86. The maximum atomic E-state index is 13.1. The molecule has 0 bridgehead atoms. The van der Waals surface area contributed by atoms with Gasteiger partial charge in [0.05, 0.1) is 16.5 Å². The number of nitrogens with zero attached hydrogens (tertiary/aromatic N) is 2. The van der Waals surface area contributed by atoms with Gasteiger partial charge in [0.25, 0.3) is 5.91 Å². The number of rotatable bonds is 4. The molecular formula is C26H19N3O2S2. The Morgan fingerprint density at radius 1 is 0.939 bits per heavy atom. The summed E-state index contributed by atoms with van der Waals surface area (Å²) in [4.78, 5) is 31.4. The van der Waals surface area contributed by atoms with E-state index in [-0.39, 0.29) is 17.6 Å². The summed E-state index contributed by atoms with van der Waals surface area (Å²) in [5.41, 5.74) is 5.44. The van der Waals surface area contributed by atoms with Crippen molar-refractivity contribution in [2.75, 3.05) is 16.0 Å². The first kappa shape index (κ1) is 20.2. The molecule has 1 spiro atoms. The maximum Gasteiger partial charge on any atom is 0.266 e. The van der Waals surface area contributed by atoms with E-state index in [0.717, 1.165) is 33.9 Å². The molecule has 1 unspecified atom stereocenters. The number of para-hydroxylation sites is 1. The Hall–Kier alpha value is -3.42. The molecular weight excluding hydrogens is 450 g/mol. The van der Waals surface area contributed by atoms with Gasteiger partial charge in [-0.1, -0.05) is 60.7 Å². The zero-order valence-electron chi connectivity index (χ0n) is 17.5. The van der Waals surface area contributed by atoms with Crippen molar-refractivity contribution in [1.29, 1.82) is 0 Å². The number of carbonyl (C=O) groups excluding carboxylic acids is 2. The van der Waals surface area contributed by atoms with Crippen molar-refractivity contribution in [3.8, 4) is 11.3 Å². The molecule has 2 amide bonds. The molecule has 1 aromatic heterocycles. The molecule has 162 valence electrons. The topological polar surface area (TPSA) is 62.3 Å². The van der Waals surface area contributed by atoms with E-state index >= 15 is 0 Å². The van der Waals surface area contributed by atoms with Gasteiger partial charge in [0.15, 0.2) is 0 Å². The number of hydrogen-bond donors (Lipinski definition) is 1. The fourth-order valence-corrected chi connectivity index (χ4v) is 6.61. The number of anilines is 2. The average molecular weight is 470 g/mol.